The lowest BCUT2D eigenvalue weighted by atomic mass is 10.0. The van der Waals surface area contributed by atoms with Crippen LogP contribution in [0.25, 0.3) is 0 Å². The summed E-state index contributed by atoms with van der Waals surface area (Å²) >= 11 is 0. The van der Waals surface area contributed by atoms with Crippen molar-refractivity contribution in [3.8, 4) is 11.8 Å². The first kappa shape index (κ1) is 22.2. The third-order valence-corrected chi connectivity index (χ3v) is 5.11. The van der Waals surface area contributed by atoms with E-state index in [-0.39, 0.29) is 0 Å². The monoisotopic (exact) mass is 376 g/mol. The quantitative estimate of drug-likeness (QED) is 0.297. The molecule has 0 spiro atoms. The van der Waals surface area contributed by atoms with Crippen LogP contribution in [0.2, 0.25) is 0 Å². The van der Waals surface area contributed by atoms with Gasteiger partial charge < -0.3 is 0 Å². The van der Waals surface area contributed by atoms with Gasteiger partial charge >= 0.3 is 0 Å². The number of hydrogen-bond acceptors (Lipinski definition) is 2. The average Bonchev–Trinajstić information content (AvgIpc) is 2.74. The molecule has 1 aromatic heterocycles. The van der Waals surface area contributed by atoms with E-state index in [9.17, 15) is 0 Å². The van der Waals surface area contributed by atoms with E-state index in [0.29, 0.717) is 0 Å². The normalized spacial score (nSPS) is 10.5. The molecule has 0 aliphatic heterocycles. The minimum Gasteiger partial charge on any atom is -0.154 e. The van der Waals surface area contributed by atoms with Gasteiger partial charge in [0.25, 0.3) is 0 Å². The number of nitrogens with zero attached hydrogens (tertiary/aromatic N) is 2. The predicted molar refractivity (Wildman–Crippen MR) is 119 cm³/mol. The highest BCUT2D eigenvalue weighted by molar-refractivity contribution is 5.40. The highest BCUT2D eigenvalue weighted by Crippen LogP contribution is 2.10. The van der Waals surface area contributed by atoms with Gasteiger partial charge in [-0.2, -0.15) is 5.10 Å². The Morgan fingerprint density at radius 3 is 1.93 bits per heavy atom. The van der Waals surface area contributed by atoms with E-state index in [1.54, 1.807) is 0 Å². The molecule has 28 heavy (non-hydrogen) atoms. The van der Waals surface area contributed by atoms with Crippen LogP contribution in [-0.2, 0) is 12.8 Å². The Hall–Kier alpha value is -2.14. The molecular formula is C26H36N2. The first-order valence-corrected chi connectivity index (χ1v) is 11.3. The Kier molecular flexibility index (Phi) is 11.0. The van der Waals surface area contributed by atoms with Crippen molar-refractivity contribution in [2.75, 3.05) is 0 Å². The van der Waals surface area contributed by atoms with Crippen LogP contribution < -0.4 is 0 Å². The SMILES string of the molecule is CCCCCCCCc1ccc(C#Cc2ccc(CCCCCC)cc2)nn1. The van der Waals surface area contributed by atoms with Gasteiger partial charge in [-0.25, -0.2) is 0 Å². The van der Waals surface area contributed by atoms with Crippen LogP contribution in [0.4, 0.5) is 0 Å². The van der Waals surface area contributed by atoms with Gasteiger partial charge in [-0.3, -0.25) is 0 Å². The van der Waals surface area contributed by atoms with Gasteiger partial charge in [0.2, 0.25) is 0 Å². The maximum Gasteiger partial charge on any atom is 0.136 e. The third kappa shape index (κ3) is 9.18. The summed E-state index contributed by atoms with van der Waals surface area (Å²) in [7, 11) is 0. The largest absolute Gasteiger partial charge is 0.154 e. The zero-order valence-electron chi connectivity index (χ0n) is 17.8. The lowest BCUT2D eigenvalue weighted by Crippen LogP contribution is -1.95. The first-order chi connectivity index (χ1) is 13.8. The van der Waals surface area contributed by atoms with Gasteiger partial charge in [-0.15, -0.1) is 5.10 Å². The van der Waals surface area contributed by atoms with Crippen molar-refractivity contribution >= 4 is 0 Å². The topological polar surface area (TPSA) is 25.8 Å². The van der Waals surface area contributed by atoms with Gasteiger partial charge in [0.1, 0.15) is 5.69 Å². The Morgan fingerprint density at radius 2 is 1.25 bits per heavy atom. The lowest BCUT2D eigenvalue weighted by Gasteiger charge is -2.01. The van der Waals surface area contributed by atoms with E-state index in [4.69, 9.17) is 0 Å². The van der Waals surface area contributed by atoms with Crippen LogP contribution in [0.5, 0.6) is 0 Å². The van der Waals surface area contributed by atoms with Gasteiger partial charge in [0.15, 0.2) is 0 Å². The Morgan fingerprint density at radius 1 is 0.607 bits per heavy atom. The average molecular weight is 377 g/mol. The van der Waals surface area contributed by atoms with E-state index in [0.717, 1.165) is 23.4 Å². The van der Waals surface area contributed by atoms with Gasteiger partial charge in [-0.1, -0.05) is 83.3 Å². The predicted octanol–water partition coefficient (Wildman–Crippen LogP) is 6.90. The molecule has 2 rings (SSSR count). The summed E-state index contributed by atoms with van der Waals surface area (Å²) in [6, 6.07) is 12.7. The Bertz CT molecular complexity index is 705. The van der Waals surface area contributed by atoms with Gasteiger partial charge in [0, 0.05) is 5.56 Å². The molecule has 0 aliphatic carbocycles. The minimum atomic E-state index is 0.746. The molecule has 0 atom stereocenters. The summed E-state index contributed by atoms with van der Waals surface area (Å²) in [5.74, 6) is 6.34. The van der Waals surface area contributed by atoms with Crippen molar-refractivity contribution in [1.29, 1.82) is 0 Å². The Labute approximate surface area is 172 Å². The van der Waals surface area contributed by atoms with Crippen molar-refractivity contribution in [2.45, 2.75) is 90.9 Å². The first-order valence-electron chi connectivity index (χ1n) is 11.3. The fourth-order valence-electron chi connectivity index (χ4n) is 3.29. The second kappa shape index (κ2) is 13.9. The molecule has 2 aromatic rings. The molecule has 0 saturated heterocycles. The molecule has 0 amide bonds. The van der Waals surface area contributed by atoms with Crippen molar-refractivity contribution in [3.05, 3.63) is 58.9 Å². The molecule has 150 valence electrons. The van der Waals surface area contributed by atoms with Crippen LogP contribution in [0, 0.1) is 11.8 Å². The van der Waals surface area contributed by atoms with Gasteiger partial charge in [0.05, 0.1) is 5.69 Å². The number of unbranched alkanes of at least 4 members (excludes halogenated alkanes) is 8. The number of benzene rings is 1. The molecule has 1 heterocycles. The van der Waals surface area contributed by atoms with Crippen LogP contribution in [-0.4, -0.2) is 10.2 Å². The summed E-state index contributed by atoms with van der Waals surface area (Å²) in [6.45, 7) is 4.51. The van der Waals surface area contributed by atoms with Crippen molar-refractivity contribution in [2.24, 2.45) is 0 Å². The van der Waals surface area contributed by atoms with Crippen molar-refractivity contribution < 1.29 is 0 Å². The zero-order valence-corrected chi connectivity index (χ0v) is 17.8. The molecule has 0 fully saturated rings. The summed E-state index contributed by atoms with van der Waals surface area (Å²) < 4.78 is 0. The fourth-order valence-corrected chi connectivity index (χ4v) is 3.29. The van der Waals surface area contributed by atoms with E-state index in [1.165, 1.54) is 76.2 Å². The maximum atomic E-state index is 4.34. The van der Waals surface area contributed by atoms with Crippen LogP contribution in [0.3, 0.4) is 0 Å². The minimum absolute atomic E-state index is 0.746. The molecule has 0 radical (unpaired) electrons. The summed E-state index contributed by atoms with van der Waals surface area (Å²) in [5, 5.41) is 8.61. The number of aryl methyl sites for hydroxylation is 2. The van der Waals surface area contributed by atoms with Crippen molar-refractivity contribution in [3.63, 3.8) is 0 Å². The highest BCUT2D eigenvalue weighted by Gasteiger charge is 1.98. The van der Waals surface area contributed by atoms with Crippen LogP contribution >= 0.6 is 0 Å². The lowest BCUT2D eigenvalue weighted by molar-refractivity contribution is 0.603. The van der Waals surface area contributed by atoms with Crippen LogP contribution in [0.15, 0.2) is 36.4 Å². The van der Waals surface area contributed by atoms with E-state index < -0.39 is 0 Å². The number of rotatable bonds is 12. The molecule has 2 heteroatoms. The molecule has 0 aliphatic rings. The van der Waals surface area contributed by atoms with E-state index in [1.807, 2.05) is 6.07 Å². The van der Waals surface area contributed by atoms with Gasteiger partial charge in [-0.05, 0) is 61.4 Å². The zero-order chi connectivity index (χ0) is 19.9. The molecule has 2 nitrogen and oxygen atoms in total. The number of hydrogen-bond donors (Lipinski definition) is 0. The second-order valence-electron chi connectivity index (χ2n) is 7.69. The molecule has 0 saturated carbocycles. The molecular weight excluding hydrogens is 340 g/mol. The third-order valence-electron chi connectivity index (χ3n) is 5.11. The number of aromatic nitrogens is 2. The summed E-state index contributed by atoms with van der Waals surface area (Å²) in [5.41, 5.74) is 4.26. The summed E-state index contributed by atoms with van der Waals surface area (Å²) in [4.78, 5) is 0. The second-order valence-corrected chi connectivity index (χ2v) is 7.69. The molecule has 0 bridgehead atoms. The standard InChI is InChI=1S/C26H36N2/c1-3-5-7-9-10-12-14-25-21-22-26(28-27-25)20-19-24-17-15-23(16-18-24)13-11-8-6-4-2/h15-18,21-22H,3-14H2,1-2H3. The summed E-state index contributed by atoms with van der Waals surface area (Å²) in [6.07, 6.45) is 15.3. The molecule has 0 unspecified atom stereocenters. The van der Waals surface area contributed by atoms with Crippen LogP contribution in [0.1, 0.15) is 101 Å². The highest BCUT2D eigenvalue weighted by atomic mass is 15.1. The van der Waals surface area contributed by atoms with Crippen molar-refractivity contribution in [1.82, 2.24) is 10.2 Å². The maximum absolute atomic E-state index is 4.34. The van der Waals surface area contributed by atoms with E-state index in [2.05, 4.69) is 66.2 Å². The molecule has 1 aromatic carbocycles. The Balaban J connectivity index is 1.75. The smallest absolute Gasteiger partial charge is 0.136 e. The fraction of sp³-hybridized carbons (Fsp3) is 0.538. The molecule has 0 N–H and O–H groups in total. The van der Waals surface area contributed by atoms with E-state index >= 15 is 0 Å².